The van der Waals surface area contributed by atoms with Crippen LogP contribution in [-0.4, -0.2) is 60.2 Å². The summed E-state index contributed by atoms with van der Waals surface area (Å²) in [6.07, 6.45) is 3.35. The van der Waals surface area contributed by atoms with Crippen molar-refractivity contribution in [2.24, 2.45) is 5.92 Å². The van der Waals surface area contributed by atoms with E-state index in [2.05, 4.69) is 15.8 Å². The van der Waals surface area contributed by atoms with Gasteiger partial charge in [-0.2, -0.15) is 0 Å². The molecule has 0 radical (unpaired) electrons. The van der Waals surface area contributed by atoms with Crippen molar-refractivity contribution in [3.63, 3.8) is 0 Å². The van der Waals surface area contributed by atoms with Gasteiger partial charge in [0.1, 0.15) is 6.04 Å². The maximum atomic E-state index is 12.8. The summed E-state index contributed by atoms with van der Waals surface area (Å²) in [6.45, 7) is 1.56. The Labute approximate surface area is 164 Å². The number of nitrogens with one attached hydrogen (secondary N) is 2. The van der Waals surface area contributed by atoms with E-state index in [-0.39, 0.29) is 36.6 Å². The molecule has 4 atom stereocenters. The number of hydrogen-bond acceptors (Lipinski definition) is 6. The van der Waals surface area contributed by atoms with Crippen molar-refractivity contribution in [3.8, 4) is 11.5 Å². The average Bonchev–Trinajstić information content (AvgIpc) is 3.39. The van der Waals surface area contributed by atoms with Crippen LogP contribution >= 0.6 is 0 Å². The zero-order chi connectivity index (χ0) is 19.3. The SMILES string of the molecule is CN1C(=O)C2CCNN2C2CCC(C(=O)NCc3ccc4c(c3)OCO4)CC21. The molecule has 3 aliphatic heterocycles. The molecule has 2 N–H and O–H groups in total. The van der Waals surface area contributed by atoms with Gasteiger partial charge in [0.2, 0.25) is 18.6 Å². The predicted molar refractivity (Wildman–Crippen MR) is 100 cm³/mol. The van der Waals surface area contributed by atoms with Crippen LogP contribution in [-0.2, 0) is 16.1 Å². The highest BCUT2D eigenvalue weighted by atomic mass is 16.7. The first-order valence-electron chi connectivity index (χ1n) is 10.1. The molecule has 1 saturated carbocycles. The van der Waals surface area contributed by atoms with Crippen molar-refractivity contribution >= 4 is 11.8 Å². The minimum Gasteiger partial charge on any atom is -0.454 e. The van der Waals surface area contributed by atoms with E-state index in [0.717, 1.165) is 42.9 Å². The lowest BCUT2D eigenvalue weighted by Gasteiger charge is -2.50. The summed E-state index contributed by atoms with van der Waals surface area (Å²) in [5.41, 5.74) is 4.37. The van der Waals surface area contributed by atoms with Gasteiger partial charge >= 0.3 is 0 Å². The van der Waals surface area contributed by atoms with Crippen molar-refractivity contribution in [2.75, 3.05) is 20.4 Å². The van der Waals surface area contributed by atoms with Gasteiger partial charge < -0.3 is 19.7 Å². The quantitative estimate of drug-likeness (QED) is 0.793. The number of nitrogens with zero attached hydrogens (tertiary/aromatic N) is 2. The molecule has 28 heavy (non-hydrogen) atoms. The number of likely N-dealkylation sites (N-methyl/N-ethyl adjacent to an activating group) is 1. The average molecular weight is 386 g/mol. The number of carbonyl (C=O) groups excluding carboxylic acids is 2. The molecule has 1 aliphatic carbocycles. The molecule has 4 unspecified atom stereocenters. The Morgan fingerprint density at radius 3 is 2.96 bits per heavy atom. The van der Waals surface area contributed by atoms with Gasteiger partial charge in [-0.1, -0.05) is 6.07 Å². The van der Waals surface area contributed by atoms with Crippen LogP contribution in [0.3, 0.4) is 0 Å². The van der Waals surface area contributed by atoms with Gasteiger partial charge in [0.25, 0.3) is 0 Å². The number of carbonyl (C=O) groups is 2. The van der Waals surface area contributed by atoms with Gasteiger partial charge in [0, 0.05) is 38.1 Å². The van der Waals surface area contributed by atoms with Gasteiger partial charge in [0.15, 0.2) is 11.5 Å². The molecule has 2 amide bonds. The first-order chi connectivity index (χ1) is 13.6. The summed E-state index contributed by atoms with van der Waals surface area (Å²) >= 11 is 0. The van der Waals surface area contributed by atoms with E-state index in [4.69, 9.17) is 9.47 Å². The molecule has 0 aromatic heterocycles. The molecule has 2 saturated heterocycles. The number of fused-ring (bicyclic) bond motifs is 4. The number of ether oxygens (including phenoxy) is 2. The highest BCUT2D eigenvalue weighted by Gasteiger charge is 2.50. The second-order valence-corrected chi connectivity index (χ2v) is 8.12. The summed E-state index contributed by atoms with van der Waals surface area (Å²) in [4.78, 5) is 27.3. The summed E-state index contributed by atoms with van der Waals surface area (Å²) in [6, 6.07) is 6.07. The smallest absolute Gasteiger partial charge is 0.241 e. The maximum absolute atomic E-state index is 12.8. The van der Waals surface area contributed by atoms with Crippen molar-refractivity contribution in [2.45, 2.75) is 50.4 Å². The topological polar surface area (TPSA) is 83.1 Å². The summed E-state index contributed by atoms with van der Waals surface area (Å²) in [5, 5.41) is 5.22. The van der Waals surface area contributed by atoms with Crippen LogP contribution < -0.4 is 20.2 Å². The fourth-order valence-corrected chi connectivity index (χ4v) is 5.06. The Bertz CT molecular complexity index is 800. The lowest BCUT2D eigenvalue weighted by Crippen LogP contribution is -2.67. The van der Waals surface area contributed by atoms with E-state index in [1.807, 2.05) is 30.1 Å². The second kappa shape index (κ2) is 6.93. The number of hydrazine groups is 1. The van der Waals surface area contributed by atoms with Crippen LogP contribution in [0.15, 0.2) is 18.2 Å². The van der Waals surface area contributed by atoms with E-state index in [1.54, 1.807) is 0 Å². The molecule has 4 aliphatic rings. The number of benzene rings is 1. The predicted octanol–water partition coefficient (Wildman–Crippen LogP) is 0.620. The third kappa shape index (κ3) is 2.91. The number of amides is 2. The second-order valence-electron chi connectivity index (χ2n) is 8.12. The first-order valence-corrected chi connectivity index (χ1v) is 10.1. The number of piperazine rings is 1. The Morgan fingerprint density at radius 2 is 2.07 bits per heavy atom. The molecule has 0 spiro atoms. The Balaban J connectivity index is 1.22. The molecular formula is C20H26N4O4. The Kier molecular flexibility index (Phi) is 4.40. The highest BCUT2D eigenvalue weighted by Crippen LogP contribution is 2.37. The van der Waals surface area contributed by atoms with Crippen LogP contribution in [0.5, 0.6) is 11.5 Å². The fraction of sp³-hybridized carbons (Fsp3) is 0.600. The molecule has 1 aromatic rings. The largest absolute Gasteiger partial charge is 0.454 e. The van der Waals surface area contributed by atoms with Gasteiger partial charge in [0.05, 0.1) is 0 Å². The van der Waals surface area contributed by atoms with E-state index in [0.29, 0.717) is 19.0 Å². The molecule has 5 rings (SSSR count). The fourth-order valence-electron chi connectivity index (χ4n) is 5.06. The third-order valence-electron chi connectivity index (χ3n) is 6.59. The number of rotatable bonds is 3. The maximum Gasteiger partial charge on any atom is 0.241 e. The van der Waals surface area contributed by atoms with Crippen LogP contribution in [0.4, 0.5) is 0 Å². The van der Waals surface area contributed by atoms with E-state index >= 15 is 0 Å². The summed E-state index contributed by atoms with van der Waals surface area (Å²) in [7, 11) is 1.89. The van der Waals surface area contributed by atoms with Crippen LogP contribution in [0.25, 0.3) is 0 Å². The molecule has 3 heterocycles. The van der Waals surface area contributed by atoms with Gasteiger partial charge in [-0.25, -0.2) is 5.01 Å². The summed E-state index contributed by atoms with van der Waals surface area (Å²) in [5.74, 6) is 1.64. The standard InChI is InChI=1S/C20H26N4O4/c1-23-16-9-13(3-4-14(16)24-15(20(23)26)6-7-22-24)19(25)21-10-12-2-5-17-18(8-12)28-11-27-17/h2,5,8,13-16,22H,3-4,6-7,9-11H2,1H3,(H,21,25). The van der Waals surface area contributed by atoms with Gasteiger partial charge in [-0.3, -0.25) is 15.0 Å². The van der Waals surface area contributed by atoms with Crippen molar-refractivity contribution < 1.29 is 19.1 Å². The van der Waals surface area contributed by atoms with Gasteiger partial charge in [-0.05, 0) is 43.4 Å². The Morgan fingerprint density at radius 1 is 1.21 bits per heavy atom. The van der Waals surface area contributed by atoms with Crippen LogP contribution in [0.2, 0.25) is 0 Å². The molecule has 150 valence electrons. The minimum absolute atomic E-state index is 0.0392. The molecular weight excluding hydrogens is 360 g/mol. The van der Waals surface area contributed by atoms with Crippen molar-refractivity contribution in [3.05, 3.63) is 23.8 Å². The van der Waals surface area contributed by atoms with Gasteiger partial charge in [-0.15, -0.1) is 0 Å². The Hall–Kier alpha value is -2.32. The molecule has 8 nitrogen and oxygen atoms in total. The molecule has 0 bridgehead atoms. The lowest BCUT2D eigenvalue weighted by atomic mass is 9.79. The monoisotopic (exact) mass is 386 g/mol. The number of hydrogen-bond donors (Lipinski definition) is 2. The zero-order valence-electron chi connectivity index (χ0n) is 16.0. The minimum atomic E-state index is -0.0651. The zero-order valence-corrected chi connectivity index (χ0v) is 16.0. The van der Waals surface area contributed by atoms with Crippen molar-refractivity contribution in [1.29, 1.82) is 0 Å². The normalized spacial score (nSPS) is 31.5. The first kappa shape index (κ1) is 17.8. The summed E-state index contributed by atoms with van der Waals surface area (Å²) < 4.78 is 10.7. The van der Waals surface area contributed by atoms with E-state index in [1.165, 1.54) is 0 Å². The van der Waals surface area contributed by atoms with Crippen LogP contribution in [0, 0.1) is 5.92 Å². The van der Waals surface area contributed by atoms with E-state index < -0.39 is 0 Å². The van der Waals surface area contributed by atoms with Crippen LogP contribution in [0.1, 0.15) is 31.2 Å². The lowest BCUT2D eigenvalue weighted by molar-refractivity contribution is -0.153. The molecule has 8 heteroatoms. The molecule has 3 fully saturated rings. The van der Waals surface area contributed by atoms with Crippen molar-refractivity contribution in [1.82, 2.24) is 20.7 Å². The molecule has 1 aromatic carbocycles. The van der Waals surface area contributed by atoms with E-state index in [9.17, 15) is 9.59 Å². The highest BCUT2D eigenvalue weighted by molar-refractivity contribution is 5.84. The third-order valence-corrected chi connectivity index (χ3v) is 6.59.